The van der Waals surface area contributed by atoms with E-state index in [1.54, 1.807) is 7.05 Å². The van der Waals surface area contributed by atoms with Crippen molar-refractivity contribution in [2.45, 2.75) is 18.8 Å². The molecule has 6 nitrogen and oxygen atoms in total. The quantitative estimate of drug-likeness (QED) is 0.897. The van der Waals surface area contributed by atoms with Crippen LogP contribution in [0.25, 0.3) is 0 Å². The van der Waals surface area contributed by atoms with E-state index in [2.05, 4.69) is 11.4 Å². The van der Waals surface area contributed by atoms with Crippen LogP contribution in [-0.2, 0) is 4.74 Å². The second-order valence-corrected chi connectivity index (χ2v) is 6.37. The fourth-order valence-electron chi connectivity index (χ4n) is 3.47. The van der Waals surface area contributed by atoms with Gasteiger partial charge in [-0.2, -0.15) is 0 Å². The van der Waals surface area contributed by atoms with E-state index in [0.717, 1.165) is 30.5 Å². The molecular formula is C18H25N3O3. The number of rotatable bonds is 2. The topological polar surface area (TPSA) is 61.9 Å². The predicted octanol–water partition coefficient (Wildman–Crippen LogP) is 1.68. The lowest BCUT2D eigenvalue weighted by atomic mass is 9.89. The van der Waals surface area contributed by atoms with E-state index in [-0.39, 0.29) is 17.9 Å². The minimum absolute atomic E-state index is 0.0275. The fourth-order valence-corrected chi connectivity index (χ4v) is 3.47. The summed E-state index contributed by atoms with van der Waals surface area (Å²) in [5.41, 5.74) is 1.87. The van der Waals surface area contributed by atoms with E-state index < -0.39 is 0 Å². The normalized spacial score (nSPS) is 21.5. The lowest BCUT2D eigenvalue weighted by Gasteiger charge is -2.33. The number of carbonyl (C=O) groups is 2. The van der Waals surface area contributed by atoms with Crippen LogP contribution in [0.2, 0.25) is 0 Å². The molecule has 24 heavy (non-hydrogen) atoms. The molecule has 0 aliphatic carbocycles. The van der Waals surface area contributed by atoms with Crippen molar-refractivity contribution in [2.24, 2.45) is 0 Å². The number of likely N-dealkylation sites (tertiary alicyclic amines) is 1. The smallest absolute Gasteiger partial charge is 0.317 e. The van der Waals surface area contributed by atoms with Crippen molar-refractivity contribution in [1.82, 2.24) is 15.1 Å². The second-order valence-electron chi connectivity index (χ2n) is 6.37. The maximum absolute atomic E-state index is 12.6. The lowest BCUT2D eigenvalue weighted by Crippen LogP contribution is -2.43. The maximum atomic E-state index is 12.6. The number of amides is 3. The van der Waals surface area contributed by atoms with Crippen LogP contribution >= 0.6 is 0 Å². The molecule has 0 bridgehead atoms. The lowest BCUT2D eigenvalue weighted by molar-refractivity contribution is 0.0303. The van der Waals surface area contributed by atoms with Crippen LogP contribution in [-0.4, -0.2) is 68.2 Å². The zero-order valence-corrected chi connectivity index (χ0v) is 14.2. The third kappa shape index (κ3) is 3.70. The summed E-state index contributed by atoms with van der Waals surface area (Å²) in [5.74, 6) is 0.354. The van der Waals surface area contributed by atoms with Crippen LogP contribution in [0, 0.1) is 0 Å². The fraction of sp³-hybridized carbons (Fsp3) is 0.556. The first-order chi connectivity index (χ1) is 11.7. The van der Waals surface area contributed by atoms with Gasteiger partial charge in [0.05, 0.1) is 13.2 Å². The van der Waals surface area contributed by atoms with Gasteiger partial charge >= 0.3 is 6.03 Å². The second kappa shape index (κ2) is 7.66. The number of carbonyl (C=O) groups excluding carboxylic acids is 2. The van der Waals surface area contributed by atoms with Crippen LogP contribution in [0.3, 0.4) is 0 Å². The summed E-state index contributed by atoms with van der Waals surface area (Å²) in [6, 6.07) is 7.85. The molecule has 6 heteroatoms. The van der Waals surface area contributed by atoms with Crippen LogP contribution in [0.4, 0.5) is 4.79 Å². The Hall–Kier alpha value is -2.08. The van der Waals surface area contributed by atoms with Gasteiger partial charge in [0.15, 0.2) is 0 Å². The predicted molar refractivity (Wildman–Crippen MR) is 91.2 cm³/mol. The third-order valence-corrected chi connectivity index (χ3v) is 4.83. The Morgan fingerprint density at radius 1 is 1.17 bits per heavy atom. The highest BCUT2D eigenvalue weighted by Crippen LogP contribution is 2.27. The van der Waals surface area contributed by atoms with Crippen LogP contribution < -0.4 is 5.32 Å². The van der Waals surface area contributed by atoms with Crippen molar-refractivity contribution in [2.75, 3.05) is 46.4 Å². The Bertz CT molecular complexity index is 599. The summed E-state index contributed by atoms with van der Waals surface area (Å²) in [4.78, 5) is 28.2. The van der Waals surface area contributed by atoms with Gasteiger partial charge in [-0.15, -0.1) is 0 Å². The van der Waals surface area contributed by atoms with Crippen molar-refractivity contribution in [1.29, 1.82) is 0 Å². The average Bonchev–Trinajstić information content (AvgIpc) is 2.67. The molecule has 0 spiro atoms. The molecule has 1 atom stereocenters. The van der Waals surface area contributed by atoms with E-state index in [1.165, 1.54) is 0 Å². The van der Waals surface area contributed by atoms with Gasteiger partial charge in [-0.1, -0.05) is 12.1 Å². The Kier molecular flexibility index (Phi) is 5.35. The van der Waals surface area contributed by atoms with E-state index in [4.69, 9.17) is 4.74 Å². The number of nitrogens with zero attached hydrogens (tertiary/aromatic N) is 2. The molecule has 2 aliphatic heterocycles. The van der Waals surface area contributed by atoms with E-state index in [1.807, 2.05) is 28.0 Å². The molecule has 2 fully saturated rings. The number of urea groups is 1. The zero-order valence-electron chi connectivity index (χ0n) is 14.2. The molecule has 3 rings (SSSR count). The molecule has 1 unspecified atom stereocenters. The number of morpholine rings is 1. The molecule has 3 amide bonds. The average molecular weight is 331 g/mol. The Balaban J connectivity index is 1.72. The standard InChI is InChI=1S/C18H25N3O3/c1-19-18(23)21-7-3-6-16(13-21)14-4-2-5-15(12-14)17(22)20-8-10-24-11-9-20/h2,4-5,12,16H,3,6-11,13H2,1H3,(H,19,23). The molecule has 0 saturated carbocycles. The summed E-state index contributed by atoms with van der Waals surface area (Å²) in [6.45, 7) is 4.01. The minimum atomic E-state index is -0.0275. The number of nitrogens with one attached hydrogen (secondary N) is 1. The number of ether oxygens (including phenoxy) is 1. The highest BCUT2D eigenvalue weighted by molar-refractivity contribution is 5.94. The molecule has 1 aromatic rings. The number of hydrogen-bond donors (Lipinski definition) is 1. The zero-order chi connectivity index (χ0) is 16.9. The molecule has 1 N–H and O–H groups in total. The first-order valence-corrected chi connectivity index (χ1v) is 8.62. The summed E-state index contributed by atoms with van der Waals surface area (Å²) in [6.07, 6.45) is 2.03. The van der Waals surface area contributed by atoms with Gasteiger partial charge < -0.3 is 19.9 Å². The summed E-state index contributed by atoms with van der Waals surface area (Å²) in [7, 11) is 1.66. The molecule has 130 valence electrons. The van der Waals surface area contributed by atoms with Crippen LogP contribution in [0.15, 0.2) is 24.3 Å². The van der Waals surface area contributed by atoms with E-state index in [0.29, 0.717) is 32.8 Å². The van der Waals surface area contributed by atoms with Crippen molar-refractivity contribution in [3.05, 3.63) is 35.4 Å². The summed E-state index contributed by atoms with van der Waals surface area (Å²) in [5, 5.41) is 2.69. The van der Waals surface area contributed by atoms with Gasteiger partial charge in [-0.25, -0.2) is 4.79 Å². The van der Waals surface area contributed by atoms with Crippen molar-refractivity contribution < 1.29 is 14.3 Å². The first-order valence-electron chi connectivity index (χ1n) is 8.62. The van der Waals surface area contributed by atoms with Gasteiger partial charge in [-0.05, 0) is 30.5 Å². The van der Waals surface area contributed by atoms with Crippen molar-refractivity contribution >= 4 is 11.9 Å². The molecule has 0 radical (unpaired) electrons. The highest BCUT2D eigenvalue weighted by Gasteiger charge is 2.25. The number of piperidine rings is 1. The molecule has 2 aliphatic rings. The highest BCUT2D eigenvalue weighted by atomic mass is 16.5. The van der Waals surface area contributed by atoms with Gasteiger partial charge in [0.2, 0.25) is 0 Å². The third-order valence-electron chi connectivity index (χ3n) is 4.83. The van der Waals surface area contributed by atoms with Crippen LogP contribution in [0.1, 0.15) is 34.7 Å². The Labute approximate surface area is 142 Å². The summed E-state index contributed by atoms with van der Waals surface area (Å²) >= 11 is 0. The molecular weight excluding hydrogens is 306 g/mol. The maximum Gasteiger partial charge on any atom is 0.317 e. The Morgan fingerprint density at radius 3 is 2.71 bits per heavy atom. The number of hydrogen-bond acceptors (Lipinski definition) is 3. The summed E-state index contributed by atoms with van der Waals surface area (Å²) < 4.78 is 5.31. The van der Waals surface area contributed by atoms with Crippen LogP contribution in [0.5, 0.6) is 0 Å². The monoisotopic (exact) mass is 331 g/mol. The SMILES string of the molecule is CNC(=O)N1CCCC(c2cccc(C(=O)N3CCOCC3)c2)C1. The first kappa shape index (κ1) is 16.8. The van der Waals surface area contributed by atoms with Gasteiger partial charge in [0.25, 0.3) is 5.91 Å². The van der Waals surface area contributed by atoms with Gasteiger partial charge in [-0.3, -0.25) is 4.79 Å². The van der Waals surface area contributed by atoms with E-state index >= 15 is 0 Å². The minimum Gasteiger partial charge on any atom is -0.378 e. The Morgan fingerprint density at radius 2 is 1.96 bits per heavy atom. The number of benzene rings is 1. The molecule has 2 saturated heterocycles. The molecule has 2 heterocycles. The van der Waals surface area contributed by atoms with Crippen molar-refractivity contribution in [3.63, 3.8) is 0 Å². The molecule has 1 aromatic carbocycles. The van der Waals surface area contributed by atoms with Crippen molar-refractivity contribution in [3.8, 4) is 0 Å². The van der Waals surface area contributed by atoms with Gasteiger partial charge in [0.1, 0.15) is 0 Å². The van der Waals surface area contributed by atoms with E-state index in [9.17, 15) is 9.59 Å². The largest absolute Gasteiger partial charge is 0.378 e. The molecule has 0 aromatic heterocycles. The van der Waals surface area contributed by atoms with Gasteiger partial charge in [0, 0.05) is 44.7 Å².